The second-order valence-electron chi connectivity index (χ2n) is 3.02. The van der Waals surface area contributed by atoms with Gasteiger partial charge in [-0.1, -0.05) is 34.1 Å². The molecular formula is C11H13BrO. The molecule has 0 spiro atoms. The molecule has 2 heteroatoms. The zero-order chi connectivity index (χ0) is 9.84. The lowest BCUT2D eigenvalue weighted by Crippen LogP contribution is -1.93. The van der Waals surface area contributed by atoms with Crippen LogP contribution in [0.5, 0.6) is 0 Å². The lowest BCUT2D eigenvalue weighted by molar-refractivity contribution is 0.198. The number of benzene rings is 1. The number of hydrogen-bond donors (Lipinski definition) is 1. The second-order valence-corrected chi connectivity index (χ2v) is 3.88. The van der Waals surface area contributed by atoms with Crippen molar-refractivity contribution < 1.29 is 5.11 Å². The Bertz CT molecular complexity index is 305. The van der Waals surface area contributed by atoms with E-state index in [1.807, 2.05) is 24.3 Å². The molecule has 0 bridgehead atoms. The van der Waals surface area contributed by atoms with E-state index in [0.29, 0.717) is 0 Å². The maximum atomic E-state index is 9.38. The molecule has 0 saturated carbocycles. The number of halogens is 1. The summed E-state index contributed by atoms with van der Waals surface area (Å²) in [5.74, 6) is 0. The van der Waals surface area contributed by atoms with Crippen molar-refractivity contribution in [3.05, 3.63) is 46.5 Å². The summed E-state index contributed by atoms with van der Waals surface area (Å²) in [4.78, 5) is 0. The molecule has 1 nitrogen and oxygen atoms in total. The van der Waals surface area contributed by atoms with E-state index < -0.39 is 6.10 Å². The molecule has 0 saturated heterocycles. The average Bonchev–Trinajstić information content (AvgIpc) is 2.04. The van der Waals surface area contributed by atoms with Crippen LogP contribution in [-0.2, 0) is 6.42 Å². The third-order valence-electron chi connectivity index (χ3n) is 1.89. The number of hydrogen-bond acceptors (Lipinski definition) is 1. The second kappa shape index (κ2) is 4.58. The van der Waals surface area contributed by atoms with Crippen molar-refractivity contribution in [2.24, 2.45) is 0 Å². The van der Waals surface area contributed by atoms with Crippen molar-refractivity contribution in [3.63, 3.8) is 0 Å². The van der Waals surface area contributed by atoms with Gasteiger partial charge in [-0.15, -0.1) is 6.58 Å². The van der Waals surface area contributed by atoms with Crippen LogP contribution in [0.15, 0.2) is 35.3 Å². The van der Waals surface area contributed by atoms with Crippen LogP contribution in [0.25, 0.3) is 0 Å². The zero-order valence-electron chi connectivity index (χ0n) is 7.63. The minimum atomic E-state index is -0.424. The van der Waals surface area contributed by atoms with Gasteiger partial charge < -0.3 is 5.11 Å². The van der Waals surface area contributed by atoms with E-state index in [1.54, 1.807) is 6.92 Å². The number of rotatable bonds is 3. The highest BCUT2D eigenvalue weighted by Gasteiger charge is 2.05. The summed E-state index contributed by atoms with van der Waals surface area (Å²) < 4.78 is 0.960. The van der Waals surface area contributed by atoms with Gasteiger partial charge in [0.2, 0.25) is 0 Å². The summed E-state index contributed by atoms with van der Waals surface area (Å²) >= 11 is 3.42. The molecule has 1 unspecified atom stereocenters. The Hall–Kier alpha value is -0.600. The summed E-state index contributed by atoms with van der Waals surface area (Å²) in [5.41, 5.74) is 2.12. The Balaban J connectivity index is 2.98. The minimum absolute atomic E-state index is 0.424. The van der Waals surface area contributed by atoms with Gasteiger partial charge in [-0.2, -0.15) is 0 Å². The molecule has 0 aliphatic heterocycles. The van der Waals surface area contributed by atoms with E-state index in [4.69, 9.17) is 0 Å². The van der Waals surface area contributed by atoms with Crippen molar-refractivity contribution in [2.75, 3.05) is 0 Å². The topological polar surface area (TPSA) is 20.2 Å². The SMILES string of the molecule is C=CCc1ccc(C(C)O)c(Br)c1. The predicted octanol–water partition coefficient (Wildman–Crippen LogP) is 3.23. The first kappa shape index (κ1) is 10.5. The van der Waals surface area contributed by atoms with Gasteiger partial charge in [0, 0.05) is 4.47 Å². The summed E-state index contributed by atoms with van der Waals surface area (Å²) in [6.45, 7) is 5.44. The van der Waals surface area contributed by atoms with Crippen LogP contribution in [0.3, 0.4) is 0 Å². The summed E-state index contributed by atoms with van der Waals surface area (Å²) in [7, 11) is 0. The largest absolute Gasteiger partial charge is 0.389 e. The van der Waals surface area contributed by atoms with Crippen LogP contribution in [-0.4, -0.2) is 5.11 Å². The molecule has 0 aromatic heterocycles. The van der Waals surface area contributed by atoms with Gasteiger partial charge in [-0.3, -0.25) is 0 Å². The van der Waals surface area contributed by atoms with E-state index >= 15 is 0 Å². The van der Waals surface area contributed by atoms with E-state index in [-0.39, 0.29) is 0 Å². The molecular weight excluding hydrogens is 228 g/mol. The van der Waals surface area contributed by atoms with Crippen LogP contribution in [0.1, 0.15) is 24.2 Å². The first-order chi connectivity index (χ1) is 6.15. The molecule has 13 heavy (non-hydrogen) atoms. The molecule has 1 rings (SSSR count). The normalized spacial score (nSPS) is 12.5. The molecule has 1 aromatic carbocycles. The smallest absolute Gasteiger partial charge is 0.0772 e. The molecule has 0 radical (unpaired) electrons. The van der Waals surface area contributed by atoms with Crippen LogP contribution in [0.2, 0.25) is 0 Å². The van der Waals surface area contributed by atoms with Crippen LogP contribution < -0.4 is 0 Å². The third-order valence-corrected chi connectivity index (χ3v) is 2.58. The van der Waals surface area contributed by atoms with E-state index in [9.17, 15) is 5.11 Å². The predicted molar refractivity (Wildman–Crippen MR) is 58.7 cm³/mol. The van der Waals surface area contributed by atoms with Crippen molar-refractivity contribution in [2.45, 2.75) is 19.4 Å². The summed E-state index contributed by atoms with van der Waals surface area (Å²) in [6, 6.07) is 5.96. The molecule has 0 fully saturated rings. The molecule has 0 aliphatic rings. The van der Waals surface area contributed by atoms with Crippen molar-refractivity contribution in [3.8, 4) is 0 Å². The Kier molecular flexibility index (Phi) is 3.70. The fraction of sp³-hybridized carbons (Fsp3) is 0.273. The van der Waals surface area contributed by atoms with Crippen molar-refractivity contribution in [1.82, 2.24) is 0 Å². The third kappa shape index (κ3) is 2.68. The molecule has 70 valence electrons. The van der Waals surface area contributed by atoms with Gasteiger partial charge >= 0.3 is 0 Å². The standard InChI is InChI=1S/C11H13BrO/c1-3-4-9-5-6-10(8(2)13)11(12)7-9/h3,5-8,13H,1,4H2,2H3. The van der Waals surface area contributed by atoms with Crippen LogP contribution in [0, 0.1) is 0 Å². The quantitative estimate of drug-likeness (QED) is 0.805. The monoisotopic (exact) mass is 240 g/mol. The minimum Gasteiger partial charge on any atom is -0.389 e. The van der Waals surface area contributed by atoms with E-state index in [1.165, 1.54) is 5.56 Å². The lowest BCUT2D eigenvalue weighted by Gasteiger charge is -2.08. The van der Waals surface area contributed by atoms with Gasteiger partial charge in [0.1, 0.15) is 0 Å². The maximum Gasteiger partial charge on any atom is 0.0772 e. The Labute approximate surface area is 87.2 Å². The lowest BCUT2D eigenvalue weighted by atomic mass is 10.1. The number of allylic oxidation sites excluding steroid dienone is 1. The zero-order valence-corrected chi connectivity index (χ0v) is 9.21. The first-order valence-electron chi connectivity index (χ1n) is 4.22. The molecule has 0 amide bonds. The first-order valence-corrected chi connectivity index (χ1v) is 5.01. The summed E-state index contributed by atoms with van der Waals surface area (Å²) in [6.07, 6.45) is 2.30. The molecule has 1 N–H and O–H groups in total. The van der Waals surface area contributed by atoms with Gasteiger partial charge in [-0.05, 0) is 30.5 Å². The van der Waals surface area contributed by atoms with Gasteiger partial charge in [-0.25, -0.2) is 0 Å². The Morgan fingerprint density at radius 2 is 2.31 bits per heavy atom. The van der Waals surface area contributed by atoms with E-state index in [2.05, 4.69) is 22.5 Å². The highest BCUT2D eigenvalue weighted by atomic mass is 79.9. The van der Waals surface area contributed by atoms with Crippen molar-refractivity contribution >= 4 is 15.9 Å². The molecule has 1 atom stereocenters. The average molecular weight is 241 g/mol. The fourth-order valence-corrected chi connectivity index (χ4v) is 1.96. The van der Waals surface area contributed by atoms with E-state index in [0.717, 1.165) is 16.5 Å². The Morgan fingerprint density at radius 3 is 2.77 bits per heavy atom. The van der Waals surface area contributed by atoms with Crippen LogP contribution >= 0.6 is 15.9 Å². The van der Waals surface area contributed by atoms with Gasteiger partial charge in [0.05, 0.1) is 6.10 Å². The van der Waals surface area contributed by atoms with Crippen LogP contribution in [0.4, 0.5) is 0 Å². The molecule has 0 heterocycles. The van der Waals surface area contributed by atoms with Gasteiger partial charge in [0.15, 0.2) is 0 Å². The van der Waals surface area contributed by atoms with Gasteiger partial charge in [0.25, 0.3) is 0 Å². The highest BCUT2D eigenvalue weighted by molar-refractivity contribution is 9.10. The highest BCUT2D eigenvalue weighted by Crippen LogP contribution is 2.24. The number of aliphatic hydroxyl groups excluding tert-OH is 1. The molecule has 1 aromatic rings. The Morgan fingerprint density at radius 1 is 1.62 bits per heavy atom. The number of aliphatic hydroxyl groups is 1. The van der Waals surface area contributed by atoms with Crippen molar-refractivity contribution in [1.29, 1.82) is 0 Å². The molecule has 0 aliphatic carbocycles. The fourth-order valence-electron chi connectivity index (χ4n) is 1.20. The maximum absolute atomic E-state index is 9.38. The summed E-state index contributed by atoms with van der Waals surface area (Å²) in [5, 5.41) is 9.38.